The number of benzene rings is 2. The molecule has 0 aliphatic rings. The minimum atomic E-state index is -0.0332. The van der Waals surface area contributed by atoms with E-state index >= 15 is 0 Å². The van der Waals surface area contributed by atoms with Gasteiger partial charge in [0.1, 0.15) is 11.5 Å². The van der Waals surface area contributed by atoms with Gasteiger partial charge >= 0.3 is 0 Å². The van der Waals surface area contributed by atoms with Gasteiger partial charge in [0.25, 0.3) is 0 Å². The lowest BCUT2D eigenvalue weighted by Gasteiger charge is -2.10. The van der Waals surface area contributed by atoms with Crippen LogP contribution in [0.3, 0.4) is 0 Å². The predicted molar refractivity (Wildman–Crippen MR) is 81.5 cm³/mol. The zero-order chi connectivity index (χ0) is 15.1. The van der Waals surface area contributed by atoms with Crippen molar-refractivity contribution in [3.8, 4) is 11.5 Å². The van der Waals surface area contributed by atoms with Gasteiger partial charge in [0.2, 0.25) is 5.91 Å². The Balaban J connectivity index is 1.92. The second-order valence-electron chi connectivity index (χ2n) is 4.62. The molecular weight excluding hydrogens is 266 g/mol. The summed E-state index contributed by atoms with van der Waals surface area (Å²) in [5.41, 5.74) is 1.88. The van der Waals surface area contributed by atoms with Crippen LogP contribution in [0.15, 0.2) is 48.5 Å². The van der Waals surface area contributed by atoms with Crippen LogP contribution in [0.4, 0.5) is 0 Å². The Hall–Kier alpha value is -2.49. The van der Waals surface area contributed by atoms with E-state index in [0.717, 1.165) is 22.6 Å². The second-order valence-corrected chi connectivity index (χ2v) is 4.62. The number of carbonyl (C=O) groups is 1. The van der Waals surface area contributed by atoms with Crippen molar-refractivity contribution in [3.05, 3.63) is 59.7 Å². The quantitative estimate of drug-likeness (QED) is 0.887. The fourth-order valence-corrected chi connectivity index (χ4v) is 2.07. The minimum Gasteiger partial charge on any atom is -0.497 e. The highest BCUT2D eigenvalue weighted by atomic mass is 16.5. The fraction of sp³-hybridized carbons (Fsp3) is 0.235. The van der Waals surface area contributed by atoms with Crippen LogP contribution >= 0.6 is 0 Å². The highest BCUT2D eigenvalue weighted by Crippen LogP contribution is 2.17. The van der Waals surface area contributed by atoms with E-state index < -0.39 is 0 Å². The number of amides is 1. The zero-order valence-electron chi connectivity index (χ0n) is 12.3. The lowest BCUT2D eigenvalue weighted by molar-refractivity contribution is -0.120. The molecule has 0 atom stereocenters. The summed E-state index contributed by atoms with van der Waals surface area (Å²) in [6.45, 7) is 0.451. The van der Waals surface area contributed by atoms with Crippen molar-refractivity contribution in [2.24, 2.45) is 0 Å². The Kier molecular flexibility index (Phi) is 5.21. The van der Waals surface area contributed by atoms with Crippen molar-refractivity contribution in [3.63, 3.8) is 0 Å². The van der Waals surface area contributed by atoms with E-state index in [1.807, 2.05) is 48.5 Å². The number of carbonyl (C=O) groups excluding carboxylic acids is 1. The third kappa shape index (κ3) is 4.24. The van der Waals surface area contributed by atoms with Gasteiger partial charge in [0.15, 0.2) is 0 Å². The van der Waals surface area contributed by atoms with Crippen molar-refractivity contribution in [1.82, 2.24) is 5.32 Å². The third-order valence-electron chi connectivity index (χ3n) is 3.17. The number of hydrogen-bond donors (Lipinski definition) is 1. The van der Waals surface area contributed by atoms with E-state index in [4.69, 9.17) is 9.47 Å². The van der Waals surface area contributed by atoms with Crippen molar-refractivity contribution in [1.29, 1.82) is 0 Å². The molecule has 4 nitrogen and oxygen atoms in total. The lowest BCUT2D eigenvalue weighted by atomic mass is 10.1. The average Bonchev–Trinajstić information content (AvgIpc) is 2.53. The van der Waals surface area contributed by atoms with Crippen LogP contribution in [0.1, 0.15) is 11.1 Å². The molecule has 0 bridgehead atoms. The first kappa shape index (κ1) is 14.9. The van der Waals surface area contributed by atoms with Gasteiger partial charge in [0, 0.05) is 12.1 Å². The van der Waals surface area contributed by atoms with Gasteiger partial charge in [0.05, 0.1) is 20.6 Å². The first-order valence-electron chi connectivity index (χ1n) is 6.74. The van der Waals surface area contributed by atoms with E-state index in [9.17, 15) is 4.79 Å². The van der Waals surface area contributed by atoms with Crippen LogP contribution in [0.5, 0.6) is 11.5 Å². The number of para-hydroxylation sites is 1. The number of hydrogen-bond acceptors (Lipinski definition) is 3. The van der Waals surface area contributed by atoms with Crippen molar-refractivity contribution >= 4 is 5.91 Å². The lowest BCUT2D eigenvalue weighted by Crippen LogP contribution is -2.24. The van der Waals surface area contributed by atoms with Crippen LogP contribution in [0.2, 0.25) is 0 Å². The summed E-state index contributed by atoms with van der Waals surface area (Å²) < 4.78 is 10.4. The Bertz CT molecular complexity index is 610. The molecule has 2 rings (SSSR count). The molecule has 0 spiro atoms. The van der Waals surface area contributed by atoms with Crippen LogP contribution in [0.25, 0.3) is 0 Å². The monoisotopic (exact) mass is 285 g/mol. The minimum absolute atomic E-state index is 0.0332. The molecule has 0 aliphatic carbocycles. The Labute approximate surface area is 124 Å². The molecule has 2 aromatic carbocycles. The third-order valence-corrected chi connectivity index (χ3v) is 3.17. The Morgan fingerprint density at radius 1 is 1.05 bits per heavy atom. The molecule has 0 saturated heterocycles. The van der Waals surface area contributed by atoms with Crippen LogP contribution in [-0.2, 0) is 17.8 Å². The molecule has 4 heteroatoms. The molecule has 0 saturated carbocycles. The van der Waals surface area contributed by atoms with Gasteiger partial charge in [-0.2, -0.15) is 0 Å². The number of methoxy groups -OCH3 is 2. The summed E-state index contributed by atoms with van der Waals surface area (Å²) in [6.07, 6.45) is 0.326. The average molecular weight is 285 g/mol. The maximum Gasteiger partial charge on any atom is 0.224 e. The summed E-state index contributed by atoms with van der Waals surface area (Å²) >= 11 is 0. The molecule has 21 heavy (non-hydrogen) atoms. The summed E-state index contributed by atoms with van der Waals surface area (Å²) in [5.74, 6) is 1.50. The normalized spacial score (nSPS) is 10.0. The zero-order valence-corrected chi connectivity index (χ0v) is 12.3. The molecule has 0 radical (unpaired) electrons. The first-order valence-corrected chi connectivity index (χ1v) is 6.74. The molecule has 0 aromatic heterocycles. The highest BCUT2D eigenvalue weighted by molar-refractivity contribution is 5.78. The van der Waals surface area contributed by atoms with E-state index in [1.165, 1.54) is 0 Å². The molecule has 0 fully saturated rings. The maximum absolute atomic E-state index is 12.0. The summed E-state index contributed by atoms with van der Waals surface area (Å²) in [4.78, 5) is 12.0. The van der Waals surface area contributed by atoms with Gasteiger partial charge < -0.3 is 14.8 Å². The predicted octanol–water partition coefficient (Wildman–Crippen LogP) is 2.56. The molecule has 110 valence electrons. The topological polar surface area (TPSA) is 47.6 Å². The van der Waals surface area contributed by atoms with Crippen LogP contribution in [0, 0.1) is 0 Å². The van der Waals surface area contributed by atoms with E-state index in [2.05, 4.69) is 5.32 Å². The number of ether oxygens (including phenoxy) is 2. The summed E-state index contributed by atoms with van der Waals surface area (Å²) in [5, 5.41) is 2.90. The van der Waals surface area contributed by atoms with Crippen LogP contribution in [-0.4, -0.2) is 20.1 Å². The van der Waals surface area contributed by atoms with E-state index in [0.29, 0.717) is 13.0 Å². The van der Waals surface area contributed by atoms with Crippen molar-refractivity contribution in [2.75, 3.05) is 14.2 Å². The molecule has 1 N–H and O–H groups in total. The van der Waals surface area contributed by atoms with Gasteiger partial charge in [-0.3, -0.25) is 4.79 Å². The van der Waals surface area contributed by atoms with Crippen molar-refractivity contribution in [2.45, 2.75) is 13.0 Å². The largest absolute Gasteiger partial charge is 0.497 e. The highest BCUT2D eigenvalue weighted by Gasteiger charge is 2.06. The number of nitrogens with one attached hydrogen (secondary N) is 1. The Morgan fingerprint density at radius 3 is 2.62 bits per heavy atom. The van der Waals surface area contributed by atoms with Gasteiger partial charge in [-0.15, -0.1) is 0 Å². The Morgan fingerprint density at radius 2 is 1.86 bits per heavy atom. The SMILES string of the molecule is COc1cccc(CC(=O)NCc2ccccc2OC)c1. The van der Waals surface area contributed by atoms with Crippen molar-refractivity contribution < 1.29 is 14.3 Å². The van der Waals surface area contributed by atoms with Gasteiger partial charge in [-0.05, 0) is 23.8 Å². The first-order chi connectivity index (χ1) is 10.2. The molecule has 1 amide bonds. The summed E-state index contributed by atoms with van der Waals surface area (Å²) in [7, 11) is 3.23. The molecule has 2 aromatic rings. The fourth-order valence-electron chi connectivity index (χ4n) is 2.07. The molecule has 0 heterocycles. The van der Waals surface area contributed by atoms with Gasteiger partial charge in [-0.1, -0.05) is 30.3 Å². The van der Waals surface area contributed by atoms with E-state index in [1.54, 1.807) is 14.2 Å². The number of rotatable bonds is 6. The van der Waals surface area contributed by atoms with E-state index in [-0.39, 0.29) is 5.91 Å². The summed E-state index contributed by atoms with van der Waals surface area (Å²) in [6, 6.07) is 15.1. The smallest absolute Gasteiger partial charge is 0.224 e. The maximum atomic E-state index is 12.0. The molecule has 0 aliphatic heterocycles. The molecule has 0 unspecified atom stereocenters. The van der Waals surface area contributed by atoms with Gasteiger partial charge in [-0.25, -0.2) is 0 Å². The van der Waals surface area contributed by atoms with Crippen LogP contribution < -0.4 is 14.8 Å². The second kappa shape index (κ2) is 7.33. The molecular formula is C17H19NO3. The standard InChI is InChI=1S/C17H19NO3/c1-20-15-8-5-6-13(10-15)11-17(19)18-12-14-7-3-4-9-16(14)21-2/h3-10H,11-12H2,1-2H3,(H,18,19).